The highest BCUT2D eigenvalue weighted by atomic mass is 35.5. The molecule has 1 aliphatic carbocycles. The van der Waals surface area contributed by atoms with Gasteiger partial charge in [0.2, 0.25) is 6.29 Å². The molecule has 0 bridgehead atoms. The third-order valence-electron chi connectivity index (χ3n) is 6.45. The van der Waals surface area contributed by atoms with E-state index in [0.29, 0.717) is 17.8 Å². The molecule has 3 aromatic rings. The summed E-state index contributed by atoms with van der Waals surface area (Å²) in [5.41, 5.74) is 0.241. The second-order valence-electron chi connectivity index (χ2n) is 9.50. The standard InChI is InChI=1S/C28H27ClF2N4O7/c1-15(41-28(39)42-18-6-4-3-5-7-18)40-27(38)16-8-10-17(11-9-16)35(2)26(37)23-14-24(34-33-23)32-25(36)19-12-21(30)22(31)13-20(19)29/h8-15,18H,3-7H2,1-2H3,(H2,32,33,34,36). The molecule has 1 fully saturated rings. The van der Waals surface area contributed by atoms with E-state index in [-0.39, 0.29) is 33.8 Å². The number of esters is 1. The van der Waals surface area contributed by atoms with Gasteiger partial charge >= 0.3 is 12.1 Å². The van der Waals surface area contributed by atoms with Crippen LogP contribution in [0, 0.1) is 11.6 Å². The van der Waals surface area contributed by atoms with Crippen molar-refractivity contribution in [2.75, 3.05) is 17.3 Å². The lowest BCUT2D eigenvalue weighted by Crippen LogP contribution is -2.27. The first-order valence-corrected chi connectivity index (χ1v) is 13.4. The average Bonchev–Trinajstić information content (AvgIpc) is 3.42. The number of benzene rings is 2. The van der Waals surface area contributed by atoms with Crippen molar-refractivity contribution in [2.24, 2.45) is 0 Å². The topological polar surface area (TPSA) is 140 Å². The fourth-order valence-electron chi connectivity index (χ4n) is 4.22. The van der Waals surface area contributed by atoms with Gasteiger partial charge in [-0.25, -0.2) is 18.4 Å². The van der Waals surface area contributed by atoms with Gasteiger partial charge < -0.3 is 24.4 Å². The average molecular weight is 605 g/mol. The molecule has 2 aromatic carbocycles. The van der Waals surface area contributed by atoms with Crippen LogP contribution in [0.1, 0.15) is 70.2 Å². The number of aromatic nitrogens is 2. The number of anilines is 2. The zero-order chi connectivity index (χ0) is 30.4. The monoisotopic (exact) mass is 604 g/mol. The van der Waals surface area contributed by atoms with Crippen LogP contribution < -0.4 is 10.2 Å². The lowest BCUT2D eigenvalue weighted by molar-refractivity contribution is -0.0915. The minimum absolute atomic E-state index is 0.00115. The molecule has 1 aromatic heterocycles. The fraction of sp³-hybridized carbons (Fsp3) is 0.321. The number of hydrogen-bond donors (Lipinski definition) is 2. The predicted octanol–water partition coefficient (Wildman–Crippen LogP) is 5.86. The number of rotatable bonds is 8. The summed E-state index contributed by atoms with van der Waals surface area (Å²) in [7, 11) is 1.48. The molecule has 2 N–H and O–H groups in total. The summed E-state index contributed by atoms with van der Waals surface area (Å²) in [6.45, 7) is 1.40. The van der Waals surface area contributed by atoms with Crippen molar-refractivity contribution in [3.8, 4) is 0 Å². The number of H-pyrrole nitrogens is 1. The Balaban J connectivity index is 1.30. The van der Waals surface area contributed by atoms with Crippen LogP contribution in [0.2, 0.25) is 5.02 Å². The van der Waals surface area contributed by atoms with Gasteiger partial charge in [-0.1, -0.05) is 18.0 Å². The Morgan fingerprint density at radius 3 is 2.38 bits per heavy atom. The van der Waals surface area contributed by atoms with Crippen molar-refractivity contribution in [2.45, 2.75) is 51.4 Å². The molecule has 0 saturated heterocycles. The van der Waals surface area contributed by atoms with Crippen LogP contribution in [0.5, 0.6) is 0 Å². The van der Waals surface area contributed by atoms with E-state index in [4.69, 9.17) is 25.8 Å². The van der Waals surface area contributed by atoms with Crippen LogP contribution in [0.15, 0.2) is 42.5 Å². The molecule has 222 valence electrons. The molecular weight excluding hydrogens is 578 g/mol. The van der Waals surface area contributed by atoms with E-state index in [0.717, 1.165) is 32.1 Å². The van der Waals surface area contributed by atoms with Gasteiger partial charge in [0.1, 0.15) is 11.8 Å². The van der Waals surface area contributed by atoms with E-state index in [1.54, 1.807) is 0 Å². The Morgan fingerprint density at radius 1 is 1.02 bits per heavy atom. The van der Waals surface area contributed by atoms with Crippen molar-refractivity contribution in [3.63, 3.8) is 0 Å². The summed E-state index contributed by atoms with van der Waals surface area (Å²) in [5.74, 6) is -4.66. The van der Waals surface area contributed by atoms with Crippen LogP contribution >= 0.6 is 11.6 Å². The molecule has 14 heteroatoms. The molecule has 0 aliphatic heterocycles. The van der Waals surface area contributed by atoms with Gasteiger partial charge in [0.25, 0.3) is 11.8 Å². The van der Waals surface area contributed by atoms with Gasteiger partial charge in [-0.3, -0.25) is 14.7 Å². The quantitative estimate of drug-likeness (QED) is 0.185. The summed E-state index contributed by atoms with van der Waals surface area (Å²) in [6, 6.07) is 8.43. The number of amides is 2. The summed E-state index contributed by atoms with van der Waals surface area (Å²) in [4.78, 5) is 51.1. The van der Waals surface area contributed by atoms with Gasteiger partial charge in [-0.05, 0) is 62.1 Å². The molecule has 1 aliphatic rings. The summed E-state index contributed by atoms with van der Waals surface area (Å²) >= 11 is 5.83. The molecule has 1 saturated carbocycles. The lowest BCUT2D eigenvalue weighted by Gasteiger charge is -2.22. The number of halogens is 3. The van der Waals surface area contributed by atoms with Crippen molar-refractivity contribution in [3.05, 3.63) is 75.9 Å². The van der Waals surface area contributed by atoms with Gasteiger partial charge in [0.05, 0.1) is 16.1 Å². The summed E-state index contributed by atoms with van der Waals surface area (Å²) in [5, 5.41) is 8.39. The second-order valence-corrected chi connectivity index (χ2v) is 9.90. The first kappa shape index (κ1) is 30.4. The van der Waals surface area contributed by atoms with Crippen molar-refractivity contribution < 1.29 is 42.2 Å². The van der Waals surface area contributed by atoms with Crippen molar-refractivity contribution >= 4 is 47.0 Å². The van der Waals surface area contributed by atoms with Gasteiger partial charge in [-0.15, -0.1) is 0 Å². The van der Waals surface area contributed by atoms with Crippen LogP contribution in [0.4, 0.5) is 25.1 Å². The molecule has 0 spiro atoms. The number of carbonyl (C=O) groups excluding carboxylic acids is 4. The molecule has 2 amide bonds. The van der Waals surface area contributed by atoms with Crippen LogP contribution in [-0.2, 0) is 14.2 Å². The van der Waals surface area contributed by atoms with E-state index in [2.05, 4.69) is 15.5 Å². The first-order chi connectivity index (χ1) is 20.0. The van der Waals surface area contributed by atoms with E-state index in [9.17, 15) is 28.0 Å². The minimum atomic E-state index is -1.25. The lowest BCUT2D eigenvalue weighted by atomic mass is 9.98. The molecule has 1 unspecified atom stereocenters. The van der Waals surface area contributed by atoms with E-state index >= 15 is 0 Å². The molecule has 4 rings (SSSR count). The van der Waals surface area contributed by atoms with Crippen LogP contribution in [-0.4, -0.2) is 53.6 Å². The third kappa shape index (κ3) is 7.60. The van der Waals surface area contributed by atoms with E-state index in [1.807, 2.05) is 0 Å². The normalized spacial score (nSPS) is 14.0. The SMILES string of the molecule is CC(OC(=O)OC1CCCCC1)OC(=O)c1ccc(N(C)C(=O)c2cc(NC(=O)c3cc(F)c(F)cc3Cl)n[nH]2)cc1. The third-order valence-corrected chi connectivity index (χ3v) is 6.76. The second kappa shape index (κ2) is 13.4. The van der Waals surface area contributed by atoms with E-state index in [1.165, 1.54) is 49.2 Å². The Morgan fingerprint density at radius 2 is 1.69 bits per heavy atom. The minimum Gasteiger partial charge on any atom is -0.431 e. The highest BCUT2D eigenvalue weighted by molar-refractivity contribution is 6.34. The van der Waals surface area contributed by atoms with Gasteiger partial charge in [0.15, 0.2) is 17.5 Å². The van der Waals surface area contributed by atoms with E-state index < -0.39 is 41.9 Å². The highest BCUT2D eigenvalue weighted by Crippen LogP contribution is 2.23. The highest BCUT2D eigenvalue weighted by Gasteiger charge is 2.23. The number of nitrogens with one attached hydrogen (secondary N) is 2. The van der Waals surface area contributed by atoms with Crippen LogP contribution in [0.25, 0.3) is 0 Å². The van der Waals surface area contributed by atoms with Gasteiger partial charge in [0, 0.05) is 25.7 Å². The molecule has 1 atom stereocenters. The molecular formula is C28H27ClF2N4O7. The number of aromatic amines is 1. The summed E-state index contributed by atoms with van der Waals surface area (Å²) < 4.78 is 42.3. The van der Waals surface area contributed by atoms with Gasteiger partial charge in [-0.2, -0.15) is 5.10 Å². The number of carbonyl (C=O) groups is 4. The molecule has 1 heterocycles. The Labute approximate surface area is 244 Å². The maximum atomic E-state index is 13.5. The van der Waals surface area contributed by atoms with Crippen molar-refractivity contribution in [1.29, 1.82) is 0 Å². The Kier molecular flexibility index (Phi) is 9.73. The Bertz CT molecular complexity index is 1480. The Hall–Kier alpha value is -4.52. The number of hydrogen-bond acceptors (Lipinski definition) is 8. The largest absolute Gasteiger partial charge is 0.511 e. The first-order valence-electron chi connectivity index (χ1n) is 13.0. The zero-order valence-electron chi connectivity index (χ0n) is 22.6. The smallest absolute Gasteiger partial charge is 0.431 e. The maximum Gasteiger partial charge on any atom is 0.511 e. The fourth-order valence-corrected chi connectivity index (χ4v) is 4.46. The predicted molar refractivity (Wildman–Crippen MR) is 146 cm³/mol. The number of ether oxygens (including phenoxy) is 3. The number of nitrogens with zero attached hydrogens (tertiary/aromatic N) is 2. The van der Waals surface area contributed by atoms with Crippen molar-refractivity contribution in [1.82, 2.24) is 10.2 Å². The maximum absolute atomic E-state index is 13.5. The molecule has 11 nitrogen and oxygen atoms in total. The molecule has 0 radical (unpaired) electrons. The molecule has 42 heavy (non-hydrogen) atoms. The zero-order valence-corrected chi connectivity index (χ0v) is 23.4. The van der Waals surface area contributed by atoms with Crippen LogP contribution in [0.3, 0.4) is 0 Å². The summed E-state index contributed by atoms with van der Waals surface area (Å²) in [6.07, 6.45) is 2.36.